The minimum atomic E-state index is -0.463. The summed E-state index contributed by atoms with van der Waals surface area (Å²) >= 11 is 7.24. The molecular weight excluding hydrogens is 268 g/mol. The molecule has 0 aliphatic rings. The molecule has 1 aromatic heterocycles. The number of halogens is 1. The third-order valence-corrected chi connectivity index (χ3v) is 3.41. The van der Waals surface area contributed by atoms with E-state index in [9.17, 15) is 4.79 Å². The topological polar surface area (TPSA) is 56.0 Å². The van der Waals surface area contributed by atoms with Crippen molar-refractivity contribution in [3.63, 3.8) is 0 Å². The summed E-state index contributed by atoms with van der Waals surface area (Å²) in [5.41, 5.74) is 7.48. The number of pyridine rings is 1. The van der Waals surface area contributed by atoms with Gasteiger partial charge in [-0.05, 0) is 30.5 Å². The van der Waals surface area contributed by atoms with E-state index in [1.807, 2.05) is 18.4 Å². The second kappa shape index (κ2) is 5.42. The summed E-state index contributed by atoms with van der Waals surface area (Å²) in [6, 6.07) is 10.9. The maximum Gasteiger partial charge on any atom is 0.251 e. The van der Waals surface area contributed by atoms with Gasteiger partial charge >= 0.3 is 0 Å². The molecule has 0 fully saturated rings. The lowest BCUT2D eigenvalue weighted by atomic mass is 10.1. The van der Waals surface area contributed by atoms with Gasteiger partial charge < -0.3 is 5.73 Å². The third kappa shape index (κ3) is 2.66. The fourth-order valence-electron chi connectivity index (χ4n) is 1.56. The van der Waals surface area contributed by atoms with Crippen LogP contribution in [0.2, 0.25) is 5.02 Å². The lowest BCUT2D eigenvalue weighted by molar-refractivity contribution is 0.0997. The number of benzene rings is 1. The molecule has 0 aliphatic carbocycles. The summed E-state index contributed by atoms with van der Waals surface area (Å²) in [5.74, 6) is -0.463. The van der Waals surface area contributed by atoms with Crippen LogP contribution in [0.5, 0.6) is 0 Å². The first kappa shape index (κ1) is 12.9. The number of nitrogens with two attached hydrogens (primary N) is 1. The van der Waals surface area contributed by atoms with Gasteiger partial charge in [-0.2, -0.15) is 0 Å². The van der Waals surface area contributed by atoms with Gasteiger partial charge in [0.15, 0.2) is 0 Å². The average Bonchev–Trinajstić information content (AvgIpc) is 2.38. The molecule has 0 saturated carbocycles. The van der Waals surface area contributed by atoms with E-state index in [0.29, 0.717) is 15.6 Å². The molecule has 1 amide bonds. The summed E-state index contributed by atoms with van der Waals surface area (Å²) in [6.45, 7) is 0. The van der Waals surface area contributed by atoms with E-state index >= 15 is 0 Å². The standard InChI is InChI=1S/C13H11ClN2OS/c1-18-13-10(12(15)17)6-7-11(16-13)8-2-4-9(14)5-3-8/h2-7H,1H3,(H2,15,17). The second-order valence-electron chi connectivity index (χ2n) is 3.62. The molecular formula is C13H11ClN2OS. The Morgan fingerprint density at radius 2 is 1.89 bits per heavy atom. The molecule has 2 aromatic rings. The van der Waals surface area contributed by atoms with Crippen LogP contribution in [0.25, 0.3) is 11.3 Å². The van der Waals surface area contributed by atoms with Gasteiger partial charge in [0.2, 0.25) is 0 Å². The van der Waals surface area contributed by atoms with Crippen LogP contribution in [0.4, 0.5) is 0 Å². The Morgan fingerprint density at radius 1 is 1.22 bits per heavy atom. The number of nitrogens with zero attached hydrogens (tertiary/aromatic N) is 1. The number of thioether (sulfide) groups is 1. The van der Waals surface area contributed by atoms with E-state index in [0.717, 1.165) is 11.3 Å². The Balaban J connectivity index is 2.47. The van der Waals surface area contributed by atoms with Gasteiger partial charge in [0.25, 0.3) is 5.91 Å². The van der Waals surface area contributed by atoms with Crippen molar-refractivity contribution < 1.29 is 4.79 Å². The molecule has 0 saturated heterocycles. The number of hydrogen-bond donors (Lipinski definition) is 1. The second-order valence-corrected chi connectivity index (χ2v) is 4.86. The molecule has 2 N–H and O–H groups in total. The highest BCUT2D eigenvalue weighted by atomic mass is 35.5. The van der Waals surface area contributed by atoms with Gasteiger partial charge in [0.05, 0.1) is 11.3 Å². The van der Waals surface area contributed by atoms with Gasteiger partial charge in [-0.25, -0.2) is 4.98 Å². The third-order valence-electron chi connectivity index (χ3n) is 2.46. The summed E-state index contributed by atoms with van der Waals surface area (Å²) in [4.78, 5) is 15.7. The molecule has 18 heavy (non-hydrogen) atoms. The number of carbonyl (C=O) groups excluding carboxylic acids is 1. The van der Waals surface area contributed by atoms with Crippen molar-refractivity contribution in [1.82, 2.24) is 4.98 Å². The Hall–Kier alpha value is -1.52. The lowest BCUT2D eigenvalue weighted by Gasteiger charge is -2.06. The number of aromatic nitrogens is 1. The molecule has 3 nitrogen and oxygen atoms in total. The molecule has 0 aliphatic heterocycles. The van der Waals surface area contributed by atoms with Crippen LogP contribution in [0.3, 0.4) is 0 Å². The number of primary amides is 1. The van der Waals surface area contributed by atoms with Gasteiger partial charge in [-0.3, -0.25) is 4.79 Å². The number of amides is 1. The van der Waals surface area contributed by atoms with Crippen LogP contribution in [0, 0.1) is 0 Å². The molecule has 1 aromatic carbocycles. The highest BCUT2D eigenvalue weighted by Crippen LogP contribution is 2.24. The van der Waals surface area contributed by atoms with Crippen molar-refractivity contribution in [3.05, 3.63) is 47.0 Å². The van der Waals surface area contributed by atoms with Crippen LogP contribution in [0.15, 0.2) is 41.4 Å². The molecule has 92 valence electrons. The fraction of sp³-hybridized carbons (Fsp3) is 0.0769. The molecule has 2 rings (SSSR count). The first-order valence-corrected chi connectivity index (χ1v) is 6.83. The van der Waals surface area contributed by atoms with Crippen LogP contribution in [-0.2, 0) is 0 Å². The van der Waals surface area contributed by atoms with E-state index < -0.39 is 5.91 Å². The molecule has 0 atom stereocenters. The molecule has 0 radical (unpaired) electrons. The molecule has 0 unspecified atom stereocenters. The zero-order valence-corrected chi connectivity index (χ0v) is 11.3. The van der Waals surface area contributed by atoms with Crippen LogP contribution < -0.4 is 5.73 Å². The van der Waals surface area contributed by atoms with Crippen molar-refractivity contribution in [1.29, 1.82) is 0 Å². The summed E-state index contributed by atoms with van der Waals surface area (Å²) in [6.07, 6.45) is 1.86. The average molecular weight is 279 g/mol. The van der Waals surface area contributed by atoms with Crippen LogP contribution in [0.1, 0.15) is 10.4 Å². The molecule has 0 bridgehead atoms. The summed E-state index contributed by atoms with van der Waals surface area (Å²) < 4.78 is 0. The predicted molar refractivity (Wildman–Crippen MR) is 75.0 cm³/mol. The first-order valence-electron chi connectivity index (χ1n) is 5.22. The molecule has 5 heteroatoms. The quantitative estimate of drug-likeness (QED) is 0.877. The number of hydrogen-bond acceptors (Lipinski definition) is 3. The Labute approximate surface area is 114 Å². The summed E-state index contributed by atoms with van der Waals surface area (Å²) in [7, 11) is 0. The van der Waals surface area contributed by atoms with E-state index in [-0.39, 0.29) is 0 Å². The predicted octanol–water partition coefficient (Wildman–Crippen LogP) is 3.22. The van der Waals surface area contributed by atoms with Crippen molar-refractivity contribution >= 4 is 29.3 Å². The molecule has 0 spiro atoms. The first-order chi connectivity index (χ1) is 8.61. The normalized spacial score (nSPS) is 10.3. The zero-order chi connectivity index (χ0) is 13.1. The minimum Gasteiger partial charge on any atom is -0.366 e. The Kier molecular flexibility index (Phi) is 3.89. The van der Waals surface area contributed by atoms with Crippen molar-refractivity contribution in [2.45, 2.75) is 5.03 Å². The SMILES string of the molecule is CSc1nc(-c2ccc(Cl)cc2)ccc1C(N)=O. The van der Waals surface area contributed by atoms with Crippen molar-refractivity contribution in [2.24, 2.45) is 5.73 Å². The Morgan fingerprint density at radius 3 is 2.44 bits per heavy atom. The van der Waals surface area contributed by atoms with Gasteiger partial charge in [0.1, 0.15) is 5.03 Å². The summed E-state index contributed by atoms with van der Waals surface area (Å²) in [5, 5.41) is 1.31. The largest absolute Gasteiger partial charge is 0.366 e. The fourth-order valence-corrected chi connectivity index (χ4v) is 2.27. The molecule has 1 heterocycles. The van der Waals surface area contributed by atoms with Gasteiger partial charge in [0, 0.05) is 10.6 Å². The lowest BCUT2D eigenvalue weighted by Crippen LogP contribution is -2.13. The van der Waals surface area contributed by atoms with Crippen LogP contribution in [-0.4, -0.2) is 17.1 Å². The van der Waals surface area contributed by atoms with E-state index in [1.165, 1.54) is 11.8 Å². The van der Waals surface area contributed by atoms with Gasteiger partial charge in [-0.15, -0.1) is 11.8 Å². The van der Waals surface area contributed by atoms with E-state index in [2.05, 4.69) is 4.98 Å². The highest BCUT2D eigenvalue weighted by Gasteiger charge is 2.10. The minimum absolute atomic E-state index is 0.445. The maximum atomic E-state index is 11.2. The smallest absolute Gasteiger partial charge is 0.251 e. The van der Waals surface area contributed by atoms with Gasteiger partial charge in [-0.1, -0.05) is 23.7 Å². The maximum absolute atomic E-state index is 11.2. The monoisotopic (exact) mass is 278 g/mol. The van der Waals surface area contributed by atoms with E-state index in [4.69, 9.17) is 17.3 Å². The van der Waals surface area contributed by atoms with Crippen molar-refractivity contribution in [2.75, 3.05) is 6.26 Å². The number of carbonyl (C=O) groups is 1. The highest BCUT2D eigenvalue weighted by molar-refractivity contribution is 7.98. The number of rotatable bonds is 3. The van der Waals surface area contributed by atoms with Crippen LogP contribution >= 0.6 is 23.4 Å². The van der Waals surface area contributed by atoms with E-state index in [1.54, 1.807) is 24.3 Å². The Bertz CT molecular complexity index is 584. The zero-order valence-electron chi connectivity index (χ0n) is 9.68. The van der Waals surface area contributed by atoms with Crippen molar-refractivity contribution in [3.8, 4) is 11.3 Å².